The van der Waals surface area contributed by atoms with E-state index in [0.717, 1.165) is 25.2 Å². The van der Waals surface area contributed by atoms with Gasteiger partial charge in [-0.05, 0) is 61.3 Å². The lowest BCUT2D eigenvalue weighted by Gasteiger charge is -2.34. The van der Waals surface area contributed by atoms with Crippen molar-refractivity contribution in [1.29, 1.82) is 0 Å². The number of para-hydroxylation sites is 2. The summed E-state index contributed by atoms with van der Waals surface area (Å²) >= 11 is 0. The number of benzene rings is 3. The maximum Gasteiger partial charge on any atom is 0.264 e. The van der Waals surface area contributed by atoms with Crippen molar-refractivity contribution >= 4 is 21.6 Å². The van der Waals surface area contributed by atoms with Crippen LogP contribution in [0.15, 0.2) is 83.8 Å². The molecule has 1 N–H and O–H groups in total. The second-order valence-corrected chi connectivity index (χ2v) is 11.2. The highest BCUT2D eigenvalue weighted by molar-refractivity contribution is 7.92. The maximum absolute atomic E-state index is 13.4. The molecule has 2 heterocycles. The van der Waals surface area contributed by atoms with E-state index in [2.05, 4.69) is 22.3 Å². The number of likely N-dealkylation sites (tertiary alicyclic amines) is 1. The number of nitrogens with zero attached hydrogens (tertiary/aromatic N) is 2. The minimum Gasteiger partial charge on any atom is -0.476 e. The molecule has 8 heteroatoms. The lowest BCUT2D eigenvalue weighted by molar-refractivity contribution is -0.127. The van der Waals surface area contributed by atoms with Gasteiger partial charge in [-0.1, -0.05) is 61.0 Å². The van der Waals surface area contributed by atoms with Gasteiger partial charge in [-0.15, -0.1) is 0 Å². The first-order valence-corrected chi connectivity index (χ1v) is 13.9. The van der Waals surface area contributed by atoms with Gasteiger partial charge in [0.15, 0.2) is 6.10 Å². The van der Waals surface area contributed by atoms with Crippen LogP contribution in [0.4, 0.5) is 5.69 Å². The fourth-order valence-electron chi connectivity index (χ4n) is 4.80. The van der Waals surface area contributed by atoms with E-state index in [9.17, 15) is 13.2 Å². The molecule has 1 amide bonds. The highest BCUT2D eigenvalue weighted by Crippen LogP contribution is 2.36. The van der Waals surface area contributed by atoms with Gasteiger partial charge in [0.2, 0.25) is 0 Å². The summed E-state index contributed by atoms with van der Waals surface area (Å²) in [7, 11) is -3.86. The zero-order chi connectivity index (χ0) is 25.0. The molecule has 0 radical (unpaired) electrons. The smallest absolute Gasteiger partial charge is 0.264 e. The summed E-state index contributed by atoms with van der Waals surface area (Å²) in [6.45, 7) is 3.42. The number of fused-ring (bicyclic) bond motifs is 1. The molecule has 5 rings (SSSR count). The van der Waals surface area contributed by atoms with Crippen molar-refractivity contribution in [3.05, 3.63) is 90.0 Å². The summed E-state index contributed by atoms with van der Waals surface area (Å²) in [5.74, 6) is 0.0196. The monoisotopic (exact) mass is 505 g/mol. The Balaban J connectivity index is 1.28. The number of anilines is 1. The quantitative estimate of drug-likeness (QED) is 0.526. The number of hydrogen-bond acceptors (Lipinski definition) is 5. The summed E-state index contributed by atoms with van der Waals surface area (Å²) in [5.41, 5.74) is 2.66. The van der Waals surface area contributed by atoms with Crippen LogP contribution in [-0.2, 0) is 27.9 Å². The standard InChI is InChI=1S/C28H31N3O4S/c32-28(29-19-22-10-9-11-23(18-22)20-30-16-7-2-8-17-30)27-21-31(25-14-5-6-15-26(25)35-27)36(33,34)24-12-3-1-4-13-24/h1,3-6,9-15,18,27H,2,7-8,16-17,19-21H2,(H,29,32)/t27-/m0/s1. The predicted molar refractivity (Wildman–Crippen MR) is 139 cm³/mol. The van der Waals surface area contributed by atoms with Crippen LogP contribution in [0.3, 0.4) is 0 Å². The number of piperidine rings is 1. The van der Waals surface area contributed by atoms with E-state index in [-0.39, 0.29) is 17.3 Å². The lowest BCUT2D eigenvalue weighted by atomic mass is 10.1. The Labute approximate surface area is 212 Å². The van der Waals surface area contributed by atoms with E-state index < -0.39 is 16.1 Å². The van der Waals surface area contributed by atoms with Crippen molar-refractivity contribution in [3.63, 3.8) is 0 Å². The van der Waals surface area contributed by atoms with Gasteiger partial charge in [-0.3, -0.25) is 14.0 Å². The summed E-state index contributed by atoms with van der Waals surface area (Å²) in [6.07, 6.45) is 2.84. The molecule has 7 nitrogen and oxygen atoms in total. The van der Waals surface area contributed by atoms with Crippen molar-refractivity contribution in [1.82, 2.24) is 10.2 Å². The molecule has 0 aromatic heterocycles. The number of hydrogen-bond donors (Lipinski definition) is 1. The average molecular weight is 506 g/mol. The van der Waals surface area contributed by atoms with Crippen LogP contribution in [-0.4, -0.2) is 45.0 Å². The fraction of sp³-hybridized carbons (Fsp3) is 0.321. The van der Waals surface area contributed by atoms with Crippen molar-refractivity contribution < 1.29 is 17.9 Å². The Kier molecular flexibility index (Phi) is 7.25. The average Bonchev–Trinajstić information content (AvgIpc) is 2.92. The van der Waals surface area contributed by atoms with Gasteiger partial charge in [0.05, 0.1) is 17.1 Å². The van der Waals surface area contributed by atoms with E-state index in [4.69, 9.17) is 4.74 Å². The second kappa shape index (κ2) is 10.7. The Bertz CT molecular complexity index is 1310. The molecule has 2 aliphatic heterocycles. The van der Waals surface area contributed by atoms with Crippen LogP contribution in [0.2, 0.25) is 0 Å². The summed E-state index contributed by atoms with van der Waals surface area (Å²) < 4.78 is 34.1. The van der Waals surface area contributed by atoms with E-state index in [1.807, 2.05) is 12.1 Å². The first-order valence-electron chi connectivity index (χ1n) is 12.4. The molecule has 3 aromatic rings. The molecule has 0 aliphatic carbocycles. The van der Waals surface area contributed by atoms with E-state index in [1.165, 1.54) is 29.1 Å². The predicted octanol–water partition coefficient (Wildman–Crippen LogP) is 3.95. The number of carbonyl (C=O) groups is 1. The van der Waals surface area contributed by atoms with Crippen LogP contribution in [0.25, 0.3) is 0 Å². The van der Waals surface area contributed by atoms with Gasteiger partial charge >= 0.3 is 0 Å². The molecule has 1 atom stereocenters. The molecule has 36 heavy (non-hydrogen) atoms. The first-order chi connectivity index (χ1) is 17.5. The number of carbonyl (C=O) groups excluding carboxylic acids is 1. The van der Waals surface area contributed by atoms with Crippen LogP contribution in [0, 0.1) is 0 Å². The Morgan fingerprint density at radius 1 is 0.889 bits per heavy atom. The molecular weight excluding hydrogens is 474 g/mol. The van der Waals surface area contributed by atoms with E-state index in [0.29, 0.717) is 18.0 Å². The van der Waals surface area contributed by atoms with Crippen molar-refractivity contribution in [3.8, 4) is 5.75 Å². The lowest BCUT2D eigenvalue weighted by Crippen LogP contribution is -2.50. The molecular formula is C28H31N3O4S. The molecule has 2 aliphatic rings. The highest BCUT2D eigenvalue weighted by Gasteiger charge is 2.37. The molecule has 188 valence electrons. The number of ether oxygens (including phenoxy) is 1. The zero-order valence-electron chi connectivity index (χ0n) is 20.2. The Morgan fingerprint density at radius 2 is 1.61 bits per heavy atom. The molecule has 1 saturated heterocycles. The number of rotatable bonds is 7. The maximum atomic E-state index is 13.4. The summed E-state index contributed by atoms with van der Waals surface area (Å²) in [5, 5.41) is 2.94. The third kappa shape index (κ3) is 5.39. The third-order valence-electron chi connectivity index (χ3n) is 6.67. The van der Waals surface area contributed by atoms with Crippen LogP contribution in [0.1, 0.15) is 30.4 Å². The van der Waals surface area contributed by atoms with Gasteiger partial charge in [0, 0.05) is 13.1 Å². The van der Waals surface area contributed by atoms with Gasteiger partial charge in [0.1, 0.15) is 5.75 Å². The van der Waals surface area contributed by atoms with Gasteiger partial charge in [-0.2, -0.15) is 0 Å². The molecule has 0 unspecified atom stereocenters. The van der Waals surface area contributed by atoms with Crippen LogP contribution >= 0.6 is 0 Å². The minimum absolute atomic E-state index is 0.102. The SMILES string of the molecule is O=C(NCc1cccc(CN2CCCCC2)c1)[C@@H]1CN(S(=O)(=O)c2ccccc2)c2ccccc2O1. The molecule has 3 aromatic carbocycles. The van der Waals surface area contributed by atoms with Gasteiger partial charge in [0.25, 0.3) is 15.9 Å². The third-order valence-corrected chi connectivity index (χ3v) is 8.47. The van der Waals surface area contributed by atoms with E-state index >= 15 is 0 Å². The van der Waals surface area contributed by atoms with Crippen molar-refractivity contribution in [2.24, 2.45) is 0 Å². The topological polar surface area (TPSA) is 79.0 Å². The normalized spacial score (nSPS) is 18.2. The van der Waals surface area contributed by atoms with Gasteiger partial charge < -0.3 is 10.1 Å². The van der Waals surface area contributed by atoms with E-state index in [1.54, 1.807) is 54.6 Å². The largest absolute Gasteiger partial charge is 0.476 e. The minimum atomic E-state index is -3.86. The number of amides is 1. The fourth-order valence-corrected chi connectivity index (χ4v) is 6.30. The Hall–Kier alpha value is -3.36. The van der Waals surface area contributed by atoms with Crippen molar-refractivity contribution in [2.45, 2.75) is 43.4 Å². The summed E-state index contributed by atoms with van der Waals surface area (Å²) in [4.78, 5) is 15.8. The zero-order valence-corrected chi connectivity index (χ0v) is 21.0. The van der Waals surface area contributed by atoms with Crippen LogP contribution in [0.5, 0.6) is 5.75 Å². The molecule has 0 bridgehead atoms. The summed E-state index contributed by atoms with van der Waals surface area (Å²) in [6, 6.07) is 23.4. The first kappa shape index (κ1) is 24.3. The van der Waals surface area contributed by atoms with Crippen LogP contribution < -0.4 is 14.4 Å². The molecule has 0 spiro atoms. The van der Waals surface area contributed by atoms with Crippen molar-refractivity contribution in [2.75, 3.05) is 23.9 Å². The number of sulfonamides is 1. The van der Waals surface area contributed by atoms with Gasteiger partial charge in [-0.25, -0.2) is 8.42 Å². The molecule has 1 fully saturated rings. The Morgan fingerprint density at radius 3 is 2.42 bits per heavy atom. The highest BCUT2D eigenvalue weighted by atomic mass is 32.2. The molecule has 0 saturated carbocycles. The second-order valence-electron chi connectivity index (χ2n) is 9.30. The number of nitrogens with one attached hydrogen (secondary N) is 1.